The van der Waals surface area contributed by atoms with E-state index in [2.05, 4.69) is 6.58 Å². The Morgan fingerprint density at radius 1 is 1.33 bits per heavy atom. The van der Waals surface area contributed by atoms with Gasteiger partial charge >= 0.3 is 0 Å². The Morgan fingerprint density at radius 2 is 1.93 bits per heavy atom. The second kappa shape index (κ2) is 5.09. The summed E-state index contributed by atoms with van der Waals surface area (Å²) in [7, 11) is -3.34. The molecule has 0 saturated carbocycles. The Labute approximate surface area is 90.0 Å². The maximum Gasteiger partial charge on any atom is 0.163 e. The molecule has 15 heavy (non-hydrogen) atoms. The second-order valence-electron chi connectivity index (χ2n) is 3.16. The fourth-order valence-corrected chi connectivity index (χ4v) is 2.76. The summed E-state index contributed by atoms with van der Waals surface area (Å²) in [5, 5.41) is 7.95. The van der Waals surface area contributed by atoms with Crippen LogP contribution in [0.3, 0.4) is 0 Å². The van der Waals surface area contributed by atoms with E-state index in [-0.39, 0.29) is 12.4 Å². The van der Waals surface area contributed by atoms with Crippen molar-refractivity contribution in [2.24, 2.45) is 0 Å². The highest BCUT2D eigenvalue weighted by atomic mass is 32.2. The van der Waals surface area contributed by atoms with Crippen LogP contribution in [0.5, 0.6) is 0 Å². The predicted octanol–water partition coefficient (Wildman–Crippen LogP) is 1.32. The van der Waals surface area contributed by atoms with Gasteiger partial charge in [0.25, 0.3) is 0 Å². The van der Waals surface area contributed by atoms with E-state index in [1.807, 2.05) is 6.07 Å². The largest absolute Gasteiger partial charge is 0.395 e. The standard InChI is InChI=1S/C11H14O3S/c1-2-11(15(13,14)9-8-12)10-6-4-3-5-7-10/h2-7,11-12H,1,8-9H2. The quantitative estimate of drug-likeness (QED) is 0.770. The van der Waals surface area contributed by atoms with Gasteiger partial charge in [-0.15, -0.1) is 6.58 Å². The molecule has 1 unspecified atom stereocenters. The number of aliphatic hydroxyl groups excluding tert-OH is 1. The highest BCUT2D eigenvalue weighted by Crippen LogP contribution is 2.23. The molecule has 0 aliphatic rings. The van der Waals surface area contributed by atoms with Crippen LogP contribution in [0.25, 0.3) is 0 Å². The van der Waals surface area contributed by atoms with Crippen LogP contribution in [-0.2, 0) is 9.84 Å². The molecule has 1 rings (SSSR count). The molecule has 1 N–H and O–H groups in total. The van der Waals surface area contributed by atoms with Crippen molar-refractivity contribution < 1.29 is 13.5 Å². The van der Waals surface area contributed by atoms with Crippen molar-refractivity contribution in [3.05, 3.63) is 48.6 Å². The molecule has 0 spiro atoms. The minimum atomic E-state index is -3.34. The van der Waals surface area contributed by atoms with Gasteiger partial charge in [-0.25, -0.2) is 8.42 Å². The Bertz CT molecular complexity index is 409. The van der Waals surface area contributed by atoms with Crippen molar-refractivity contribution in [1.29, 1.82) is 0 Å². The fraction of sp³-hybridized carbons (Fsp3) is 0.273. The van der Waals surface area contributed by atoms with Gasteiger partial charge in [0.1, 0.15) is 5.25 Å². The number of benzene rings is 1. The highest BCUT2D eigenvalue weighted by Gasteiger charge is 2.23. The fourth-order valence-electron chi connectivity index (χ4n) is 1.39. The van der Waals surface area contributed by atoms with Gasteiger partial charge in [0.15, 0.2) is 9.84 Å². The van der Waals surface area contributed by atoms with Crippen molar-refractivity contribution in [3.8, 4) is 0 Å². The molecule has 0 radical (unpaired) electrons. The monoisotopic (exact) mass is 226 g/mol. The molecule has 0 heterocycles. The topological polar surface area (TPSA) is 54.4 Å². The van der Waals surface area contributed by atoms with Gasteiger partial charge in [-0.05, 0) is 5.56 Å². The van der Waals surface area contributed by atoms with Crippen LogP contribution in [0.1, 0.15) is 10.8 Å². The van der Waals surface area contributed by atoms with Crippen LogP contribution in [-0.4, -0.2) is 25.9 Å². The van der Waals surface area contributed by atoms with Crippen molar-refractivity contribution in [2.45, 2.75) is 5.25 Å². The Hall–Kier alpha value is -1.13. The van der Waals surface area contributed by atoms with E-state index >= 15 is 0 Å². The lowest BCUT2D eigenvalue weighted by atomic mass is 10.1. The van der Waals surface area contributed by atoms with E-state index in [9.17, 15) is 8.42 Å². The van der Waals surface area contributed by atoms with Crippen molar-refractivity contribution >= 4 is 9.84 Å². The van der Waals surface area contributed by atoms with Crippen molar-refractivity contribution in [1.82, 2.24) is 0 Å². The van der Waals surface area contributed by atoms with Crippen LogP contribution in [0.4, 0.5) is 0 Å². The van der Waals surface area contributed by atoms with E-state index in [0.717, 1.165) is 0 Å². The summed E-state index contributed by atoms with van der Waals surface area (Å²) in [6, 6.07) is 8.85. The molecule has 0 fully saturated rings. The van der Waals surface area contributed by atoms with Crippen LogP contribution in [0, 0.1) is 0 Å². The first kappa shape index (κ1) is 11.9. The van der Waals surface area contributed by atoms with E-state index in [0.29, 0.717) is 5.56 Å². The summed E-state index contributed by atoms with van der Waals surface area (Å²) in [5.74, 6) is -0.238. The molecule has 1 aromatic rings. The first-order valence-electron chi connectivity index (χ1n) is 4.61. The third-order valence-corrected chi connectivity index (χ3v) is 4.09. The van der Waals surface area contributed by atoms with Crippen LogP contribution < -0.4 is 0 Å². The number of aliphatic hydroxyl groups is 1. The molecule has 0 amide bonds. The summed E-state index contributed by atoms with van der Waals surface area (Å²) in [6.07, 6.45) is 1.39. The van der Waals surface area contributed by atoms with Gasteiger partial charge in [0.05, 0.1) is 12.4 Å². The zero-order valence-corrected chi connectivity index (χ0v) is 9.15. The Kier molecular flexibility index (Phi) is 4.05. The maximum absolute atomic E-state index is 11.7. The van der Waals surface area contributed by atoms with Crippen LogP contribution in [0.15, 0.2) is 43.0 Å². The summed E-state index contributed by atoms with van der Waals surface area (Å²) in [6.45, 7) is 3.16. The van der Waals surface area contributed by atoms with E-state index in [1.54, 1.807) is 24.3 Å². The van der Waals surface area contributed by atoms with Crippen LogP contribution in [0.2, 0.25) is 0 Å². The molecule has 0 bridgehead atoms. The number of hydrogen-bond acceptors (Lipinski definition) is 3. The van der Waals surface area contributed by atoms with Gasteiger partial charge in [-0.3, -0.25) is 0 Å². The minimum absolute atomic E-state index is 0.238. The average molecular weight is 226 g/mol. The highest BCUT2D eigenvalue weighted by molar-refractivity contribution is 7.91. The molecule has 0 saturated heterocycles. The SMILES string of the molecule is C=CC(c1ccccc1)S(=O)(=O)CCO. The summed E-state index contributed by atoms with van der Waals surface area (Å²) >= 11 is 0. The molecule has 1 atom stereocenters. The first-order valence-corrected chi connectivity index (χ1v) is 6.33. The zero-order chi connectivity index (χ0) is 11.3. The van der Waals surface area contributed by atoms with Crippen molar-refractivity contribution in [3.63, 3.8) is 0 Å². The second-order valence-corrected chi connectivity index (χ2v) is 5.40. The van der Waals surface area contributed by atoms with Crippen LogP contribution >= 0.6 is 0 Å². The summed E-state index contributed by atoms with van der Waals surface area (Å²) in [5.41, 5.74) is 0.681. The first-order chi connectivity index (χ1) is 7.11. The maximum atomic E-state index is 11.7. The molecule has 0 aliphatic carbocycles. The lowest BCUT2D eigenvalue weighted by Crippen LogP contribution is -2.17. The lowest BCUT2D eigenvalue weighted by molar-refractivity contribution is 0.319. The molecular formula is C11H14O3S. The number of sulfone groups is 1. The normalized spacial score (nSPS) is 13.4. The van der Waals surface area contributed by atoms with Gasteiger partial charge in [-0.1, -0.05) is 36.4 Å². The number of rotatable bonds is 5. The number of hydrogen-bond donors (Lipinski definition) is 1. The van der Waals surface area contributed by atoms with Gasteiger partial charge < -0.3 is 5.11 Å². The third-order valence-electron chi connectivity index (χ3n) is 2.10. The molecule has 0 aliphatic heterocycles. The van der Waals surface area contributed by atoms with Gasteiger partial charge in [0.2, 0.25) is 0 Å². The molecule has 1 aromatic carbocycles. The molecule has 82 valence electrons. The summed E-state index contributed by atoms with van der Waals surface area (Å²) in [4.78, 5) is 0. The minimum Gasteiger partial charge on any atom is -0.395 e. The Balaban J connectivity index is 3.05. The van der Waals surface area contributed by atoms with Gasteiger partial charge in [-0.2, -0.15) is 0 Å². The molecular weight excluding hydrogens is 212 g/mol. The van der Waals surface area contributed by atoms with Gasteiger partial charge in [0, 0.05) is 0 Å². The van der Waals surface area contributed by atoms with E-state index in [4.69, 9.17) is 5.11 Å². The zero-order valence-electron chi connectivity index (χ0n) is 8.33. The average Bonchev–Trinajstić information content (AvgIpc) is 2.19. The molecule has 3 nitrogen and oxygen atoms in total. The molecule has 4 heteroatoms. The van der Waals surface area contributed by atoms with E-state index in [1.165, 1.54) is 6.08 Å². The Morgan fingerprint density at radius 3 is 2.40 bits per heavy atom. The summed E-state index contributed by atoms with van der Waals surface area (Å²) < 4.78 is 23.5. The molecule has 0 aromatic heterocycles. The predicted molar refractivity (Wildman–Crippen MR) is 60.3 cm³/mol. The van der Waals surface area contributed by atoms with E-state index < -0.39 is 15.1 Å². The third kappa shape index (κ3) is 2.91. The smallest absolute Gasteiger partial charge is 0.163 e. The lowest BCUT2D eigenvalue weighted by Gasteiger charge is -2.12. The van der Waals surface area contributed by atoms with Crippen molar-refractivity contribution in [2.75, 3.05) is 12.4 Å².